The standard InChI is InChI=1S/C27H32F4N6O6/c1-5-10(2)18-25(41)33-12(4)19(36-27(43)20-15(38)7-6-8-32-20)26(42)34-14(21(39)11(3)24(40)35-18)9-13-16(28)17(29)23(31)37-22(13)30/h6-8,10-12,14,18-19,21,38-39H,5,9H2,1-4H3,(H,33,41)(H,34,42)(H,35,40)(H,36,43)/t10?,11-,12-,14+,18?,19+,21+/m1/s1. The third kappa shape index (κ3) is 7.36. The van der Waals surface area contributed by atoms with Crippen LogP contribution in [-0.2, 0) is 20.8 Å². The number of aliphatic hydroxyl groups is 1. The zero-order chi connectivity index (χ0) is 32.2. The molecule has 2 aromatic heterocycles. The number of halogens is 4. The molecule has 1 saturated heterocycles. The van der Waals surface area contributed by atoms with E-state index in [1.54, 1.807) is 13.8 Å². The van der Waals surface area contributed by atoms with Crippen molar-refractivity contribution in [1.29, 1.82) is 0 Å². The predicted octanol–water partition coefficient (Wildman–Crippen LogP) is 0.611. The van der Waals surface area contributed by atoms with Crippen LogP contribution >= 0.6 is 0 Å². The number of aromatic hydroxyl groups is 1. The molecule has 0 aromatic carbocycles. The van der Waals surface area contributed by atoms with Crippen LogP contribution in [0.25, 0.3) is 0 Å². The summed E-state index contributed by atoms with van der Waals surface area (Å²) in [5.41, 5.74) is -1.59. The molecule has 0 saturated carbocycles. The van der Waals surface area contributed by atoms with Crippen molar-refractivity contribution in [3.63, 3.8) is 0 Å². The molecule has 4 amide bonds. The number of aliphatic hydroxyl groups excluding tert-OH is 1. The first-order valence-electron chi connectivity index (χ1n) is 13.4. The van der Waals surface area contributed by atoms with E-state index in [0.29, 0.717) is 6.42 Å². The lowest BCUT2D eigenvalue weighted by Crippen LogP contribution is -2.64. The zero-order valence-electron chi connectivity index (χ0n) is 23.6. The molecule has 6 N–H and O–H groups in total. The van der Waals surface area contributed by atoms with Crippen LogP contribution in [0.5, 0.6) is 5.75 Å². The summed E-state index contributed by atoms with van der Waals surface area (Å²) in [7, 11) is 0. The van der Waals surface area contributed by atoms with Gasteiger partial charge in [0, 0.05) is 18.2 Å². The maximum atomic E-state index is 14.6. The molecule has 3 heterocycles. The first-order chi connectivity index (χ1) is 20.2. The molecule has 12 nitrogen and oxygen atoms in total. The molecule has 234 valence electrons. The molecule has 16 heteroatoms. The summed E-state index contributed by atoms with van der Waals surface area (Å²) in [6.45, 7) is 5.99. The van der Waals surface area contributed by atoms with E-state index in [9.17, 15) is 47.0 Å². The number of amides is 4. The molecule has 3 rings (SSSR count). The summed E-state index contributed by atoms with van der Waals surface area (Å²) in [4.78, 5) is 59.3. The Balaban J connectivity index is 2.08. The van der Waals surface area contributed by atoms with Crippen LogP contribution in [0, 0.1) is 35.4 Å². The van der Waals surface area contributed by atoms with Gasteiger partial charge in [-0.3, -0.25) is 19.2 Å². The molecule has 43 heavy (non-hydrogen) atoms. The second kappa shape index (κ2) is 13.8. The number of nitrogens with zero attached hydrogens (tertiary/aromatic N) is 2. The first kappa shape index (κ1) is 33.2. The summed E-state index contributed by atoms with van der Waals surface area (Å²) >= 11 is 0. The highest BCUT2D eigenvalue weighted by Gasteiger charge is 2.40. The van der Waals surface area contributed by atoms with Crippen LogP contribution in [0.3, 0.4) is 0 Å². The van der Waals surface area contributed by atoms with Gasteiger partial charge < -0.3 is 31.5 Å². The van der Waals surface area contributed by atoms with Crippen molar-refractivity contribution < 1.29 is 47.0 Å². The highest BCUT2D eigenvalue weighted by atomic mass is 19.2. The minimum absolute atomic E-state index is 0.424. The minimum atomic E-state index is -2.09. The monoisotopic (exact) mass is 612 g/mol. The summed E-state index contributed by atoms with van der Waals surface area (Å²) in [5.74, 6) is -13.9. The number of hydrogen-bond donors (Lipinski definition) is 6. The molecular weight excluding hydrogens is 580 g/mol. The molecule has 1 aliphatic rings. The maximum Gasteiger partial charge on any atom is 0.274 e. The van der Waals surface area contributed by atoms with Gasteiger partial charge in [0.15, 0.2) is 11.5 Å². The highest BCUT2D eigenvalue weighted by Crippen LogP contribution is 2.22. The predicted molar refractivity (Wildman–Crippen MR) is 141 cm³/mol. The van der Waals surface area contributed by atoms with Crippen molar-refractivity contribution in [1.82, 2.24) is 31.2 Å². The molecule has 2 unspecified atom stereocenters. The van der Waals surface area contributed by atoms with Crippen molar-refractivity contribution in [3.8, 4) is 5.75 Å². The number of carbonyl (C=O) groups excluding carboxylic acids is 4. The fourth-order valence-corrected chi connectivity index (χ4v) is 4.53. The molecule has 0 bridgehead atoms. The van der Waals surface area contributed by atoms with Crippen molar-refractivity contribution in [2.45, 2.75) is 70.8 Å². The van der Waals surface area contributed by atoms with Gasteiger partial charge in [0.2, 0.25) is 29.5 Å². The second-order valence-corrected chi connectivity index (χ2v) is 10.4. The summed E-state index contributed by atoms with van der Waals surface area (Å²) < 4.78 is 56.5. The maximum absolute atomic E-state index is 14.6. The summed E-state index contributed by atoms with van der Waals surface area (Å²) in [5, 5.41) is 30.9. The Morgan fingerprint density at radius 1 is 1.02 bits per heavy atom. The van der Waals surface area contributed by atoms with E-state index >= 15 is 0 Å². The molecule has 0 aliphatic carbocycles. The van der Waals surface area contributed by atoms with Gasteiger partial charge in [0.25, 0.3) is 11.9 Å². The molecule has 2 aromatic rings. The molecule has 0 spiro atoms. The van der Waals surface area contributed by atoms with Gasteiger partial charge in [0.1, 0.15) is 17.8 Å². The summed E-state index contributed by atoms with van der Waals surface area (Å²) in [6, 6.07) is -3.22. The van der Waals surface area contributed by atoms with Gasteiger partial charge in [-0.1, -0.05) is 27.2 Å². The van der Waals surface area contributed by atoms with Gasteiger partial charge in [-0.2, -0.15) is 18.2 Å². The normalized spacial score (nSPS) is 25.8. The van der Waals surface area contributed by atoms with Crippen LogP contribution in [0.4, 0.5) is 17.6 Å². The van der Waals surface area contributed by atoms with E-state index < -0.39 is 113 Å². The topological polar surface area (TPSA) is 183 Å². The number of hydrogen-bond acceptors (Lipinski definition) is 8. The average Bonchev–Trinajstić information content (AvgIpc) is 2.97. The van der Waals surface area contributed by atoms with E-state index in [4.69, 9.17) is 0 Å². The van der Waals surface area contributed by atoms with Gasteiger partial charge >= 0.3 is 0 Å². The van der Waals surface area contributed by atoms with Crippen LogP contribution in [0.15, 0.2) is 18.3 Å². The van der Waals surface area contributed by atoms with Crippen LogP contribution in [0.2, 0.25) is 0 Å². The lowest BCUT2D eigenvalue weighted by atomic mass is 9.90. The van der Waals surface area contributed by atoms with Gasteiger partial charge in [0.05, 0.1) is 24.1 Å². The van der Waals surface area contributed by atoms with Crippen molar-refractivity contribution in [3.05, 3.63) is 53.1 Å². The number of carbonyl (C=O) groups is 4. The fourth-order valence-electron chi connectivity index (χ4n) is 4.53. The lowest BCUT2D eigenvalue weighted by Gasteiger charge is -2.35. The van der Waals surface area contributed by atoms with Crippen LogP contribution < -0.4 is 21.3 Å². The largest absolute Gasteiger partial charge is 0.505 e. The van der Waals surface area contributed by atoms with E-state index in [1.165, 1.54) is 32.2 Å². The smallest absolute Gasteiger partial charge is 0.274 e. The third-order valence-corrected chi connectivity index (χ3v) is 7.41. The molecular formula is C27H32F4N6O6. The fraction of sp³-hybridized carbons (Fsp3) is 0.481. The first-order valence-corrected chi connectivity index (χ1v) is 13.4. The second-order valence-electron chi connectivity index (χ2n) is 10.4. The minimum Gasteiger partial charge on any atom is -0.505 e. The van der Waals surface area contributed by atoms with Gasteiger partial charge in [-0.05, 0) is 25.0 Å². The number of nitrogens with one attached hydrogen (secondary N) is 4. The third-order valence-electron chi connectivity index (χ3n) is 7.41. The molecule has 1 aliphatic heterocycles. The Morgan fingerprint density at radius 2 is 1.70 bits per heavy atom. The van der Waals surface area contributed by atoms with E-state index in [-0.39, 0.29) is 0 Å². The van der Waals surface area contributed by atoms with E-state index in [0.717, 1.165) is 0 Å². The lowest BCUT2D eigenvalue weighted by molar-refractivity contribution is -0.137. The zero-order valence-corrected chi connectivity index (χ0v) is 23.6. The van der Waals surface area contributed by atoms with E-state index in [1.807, 2.05) is 0 Å². The highest BCUT2D eigenvalue weighted by molar-refractivity contribution is 5.98. The SMILES string of the molecule is CCC(C)C1NC(=O)[C@H](C)[C@H](O)[C@H](Cc2c(F)nc(F)c(F)c2F)NC(=O)[C@@H](NC(=O)c2ncccc2O)[C@@H](C)NC1=O. The number of pyridine rings is 2. The quantitative estimate of drug-likeness (QED) is 0.203. The van der Waals surface area contributed by atoms with Crippen molar-refractivity contribution in [2.75, 3.05) is 0 Å². The Hall–Kier alpha value is -4.34. The Labute approximate surface area is 243 Å². The van der Waals surface area contributed by atoms with Crippen molar-refractivity contribution in [2.24, 2.45) is 11.8 Å². The molecule has 0 radical (unpaired) electrons. The van der Waals surface area contributed by atoms with Crippen molar-refractivity contribution >= 4 is 23.6 Å². The van der Waals surface area contributed by atoms with E-state index in [2.05, 4.69) is 31.2 Å². The molecule has 7 atom stereocenters. The van der Waals surface area contributed by atoms with Gasteiger partial charge in [-0.15, -0.1) is 0 Å². The summed E-state index contributed by atoms with van der Waals surface area (Å²) in [6.07, 6.45) is -1.27. The average molecular weight is 613 g/mol. The Kier molecular flexibility index (Phi) is 10.6. The number of aromatic nitrogens is 2. The van der Waals surface area contributed by atoms with Crippen LogP contribution in [0.1, 0.15) is 50.2 Å². The molecule has 1 fully saturated rings. The van der Waals surface area contributed by atoms with Gasteiger partial charge in [-0.25, -0.2) is 9.37 Å². The van der Waals surface area contributed by atoms with Crippen LogP contribution in [-0.4, -0.2) is 74.1 Å². The number of rotatable bonds is 6. The Morgan fingerprint density at radius 3 is 2.33 bits per heavy atom. The Bertz CT molecular complexity index is 1400.